The first-order valence-corrected chi connectivity index (χ1v) is 5.84. The van der Waals surface area contributed by atoms with E-state index in [0.29, 0.717) is 19.5 Å². The molecule has 0 unspecified atom stereocenters. The Kier molecular flexibility index (Phi) is 7.33. The van der Waals surface area contributed by atoms with Crippen LogP contribution in [0.25, 0.3) is 0 Å². The Morgan fingerprint density at radius 2 is 1.94 bits per heavy atom. The van der Waals surface area contributed by atoms with Crippen molar-refractivity contribution < 1.29 is 14.7 Å². The lowest BCUT2D eigenvalue weighted by molar-refractivity contribution is -0.139. The molecule has 5 heteroatoms. The fraction of sp³-hybridized carbons (Fsp3) is 0.818. The second-order valence-electron chi connectivity index (χ2n) is 3.68. The molecule has 0 spiro atoms. The number of urea groups is 1. The molecule has 0 bridgehead atoms. The van der Waals surface area contributed by atoms with E-state index < -0.39 is 12.0 Å². The molecule has 94 valence electrons. The van der Waals surface area contributed by atoms with Crippen molar-refractivity contribution in [3.63, 3.8) is 0 Å². The number of unbranched alkanes of at least 4 members (excludes halogenated alkanes) is 1. The molecular weight excluding hydrogens is 208 g/mol. The van der Waals surface area contributed by atoms with Gasteiger partial charge in [0, 0.05) is 13.1 Å². The Balaban J connectivity index is 4.23. The van der Waals surface area contributed by atoms with Crippen LogP contribution in [0, 0.1) is 0 Å². The summed E-state index contributed by atoms with van der Waals surface area (Å²) in [7, 11) is 0. The van der Waals surface area contributed by atoms with Gasteiger partial charge in [-0.25, -0.2) is 9.59 Å². The summed E-state index contributed by atoms with van der Waals surface area (Å²) in [5.74, 6) is -0.984. The average molecular weight is 230 g/mol. The Morgan fingerprint density at radius 1 is 1.31 bits per heavy atom. The lowest BCUT2D eigenvalue weighted by Gasteiger charge is -2.23. The molecule has 1 atom stereocenters. The van der Waals surface area contributed by atoms with Crippen molar-refractivity contribution in [1.82, 2.24) is 10.2 Å². The van der Waals surface area contributed by atoms with E-state index >= 15 is 0 Å². The topological polar surface area (TPSA) is 69.6 Å². The first-order chi connectivity index (χ1) is 7.56. The number of hydrogen-bond acceptors (Lipinski definition) is 2. The van der Waals surface area contributed by atoms with Gasteiger partial charge < -0.3 is 15.3 Å². The minimum absolute atomic E-state index is 0.287. The molecule has 0 rings (SSSR count). The fourth-order valence-electron chi connectivity index (χ4n) is 1.33. The van der Waals surface area contributed by atoms with Gasteiger partial charge in [-0.1, -0.05) is 20.3 Å². The Hall–Kier alpha value is -1.26. The number of carboxylic acids is 1. The SMILES string of the molecule is CCCCN(CC)C(=O)N[C@H](CC)C(=O)O. The molecule has 5 nitrogen and oxygen atoms in total. The van der Waals surface area contributed by atoms with Gasteiger partial charge in [0.1, 0.15) is 6.04 Å². The van der Waals surface area contributed by atoms with Gasteiger partial charge in [0.2, 0.25) is 0 Å². The number of nitrogens with one attached hydrogen (secondary N) is 1. The quantitative estimate of drug-likeness (QED) is 0.699. The highest BCUT2D eigenvalue weighted by molar-refractivity contribution is 5.82. The second-order valence-corrected chi connectivity index (χ2v) is 3.68. The summed E-state index contributed by atoms with van der Waals surface area (Å²) in [6.45, 7) is 6.95. The van der Waals surface area contributed by atoms with Crippen LogP contribution >= 0.6 is 0 Å². The molecule has 0 fully saturated rings. The maximum atomic E-state index is 11.7. The summed E-state index contributed by atoms with van der Waals surface area (Å²) in [6, 6.07) is -1.08. The molecule has 0 aliphatic carbocycles. The monoisotopic (exact) mass is 230 g/mol. The van der Waals surface area contributed by atoms with Gasteiger partial charge in [-0.05, 0) is 19.8 Å². The van der Waals surface area contributed by atoms with E-state index in [2.05, 4.69) is 12.2 Å². The van der Waals surface area contributed by atoms with Crippen LogP contribution in [0.5, 0.6) is 0 Å². The zero-order valence-corrected chi connectivity index (χ0v) is 10.3. The largest absolute Gasteiger partial charge is 0.480 e. The van der Waals surface area contributed by atoms with Gasteiger partial charge in [0.05, 0.1) is 0 Å². The zero-order chi connectivity index (χ0) is 12.6. The summed E-state index contributed by atoms with van der Waals surface area (Å²) in [5, 5.41) is 11.3. The van der Waals surface area contributed by atoms with E-state index in [1.54, 1.807) is 11.8 Å². The maximum Gasteiger partial charge on any atom is 0.326 e. The lowest BCUT2D eigenvalue weighted by Crippen LogP contribution is -2.47. The predicted molar refractivity (Wildman–Crippen MR) is 62.4 cm³/mol. The molecule has 0 aromatic carbocycles. The summed E-state index contributed by atoms with van der Waals surface area (Å²) < 4.78 is 0. The third-order valence-corrected chi connectivity index (χ3v) is 2.45. The standard InChI is InChI=1S/C11H22N2O3/c1-4-7-8-13(6-3)11(16)12-9(5-2)10(14)15/h9H,4-8H2,1-3H3,(H,12,16)(H,14,15)/t9-/m1/s1. The number of rotatable bonds is 7. The smallest absolute Gasteiger partial charge is 0.326 e. The molecule has 2 N–H and O–H groups in total. The van der Waals surface area contributed by atoms with Crippen LogP contribution in [-0.2, 0) is 4.79 Å². The molecule has 0 aliphatic rings. The Bertz CT molecular complexity index is 231. The van der Waals surface area contributed by atoms with Crippen molar-refractivity contribution in [2.75, 3.05) is 13.1 Å². The van der Waals surface area contributed by atoms with Gasteiger partial charge in [0.15, 0.2) is 0 Å². The summed E-state index contributed by atoms with van der Waals surface area (Å²) >= 11 is 0. The number of nitrogens with zero attached hydrogens (tertiary/aromatic N) is 1. The molecule has 0 radical (unpaired) electrons. The van der Waals surface area contributed by atoms with Gasteiger partial charge in [0.25, 0.3) is 0 Å². The number of hydrogen-bond donors (Lipinski definition) is 2. The molecule has 2 amide bonds. The molecule has 0 aromatic rings. The number of carbonyl (C=O) groups is 2. The van der Waals surface area contributed by atoms with Gasteiger partial charge in [-0.2, -0.15) is 0 Å². The van der Waals surface area contributed by atoms with Crippen LogP contribution in [0.15, 0.2) is 0 Å². The number of carbonyl (C=O) groups excluding carboxylic acids is 1. The van der Waals surface area contributed by atoms with Gasteiger partial charge in [-0.15, -0.1) is 0 Å². The van der Waals surface area contributed by atoms with Gasteiger partial charge in [-0.3, -0.25) is 0 Å². The minimum Gasteiger partial charge on any atom is -0.480 e. The van der Waals surface area contributed by atoms with E-state index in [1.165, 1.54) is 0 Å². The van der Waals surface area contributed by atoms with Crippen molar-refractivity contribution in [2.45, 2.75) is 46.1 Å². The molecule has 16 heavy (non-hydrogen) atoms. The maximum absolute atomic E-state index is 11.7. The van der Waals surface area contributed by atoms with E-state index in [0.717, 1.165) is 12.8 Å². The van der Waals surface area contributed by atoms with Crippen LogP contribution in [0.4, 0.5) is 4.79 Å². The molecule has 0 aliphatic heterocycles. The molecule has 0 saturated heterocycles. The van der Waals surface area contributed by atoms with Crippen LogP contribution in [-0.4, -0.2) is 41.1 Å². The van der Waals surface area contributed by atoms with Crippen LogP contribution in [0.1, 0.15) is 40.0 Å². The lowest BCUT2D eigenvalue weighted by atomic mass is 10.2. The van der Waals surface area contributed by atoms with Crippen molar-refractivity contribution >= 4 is 12.0 Å². The third kappa shape index (κ3) is 5.00. The highest BCUT2D eigenvalue weighted by Gasteiger charge is 2.20. The molecule has 0 saturated carbocycles. The van der Waals surface area contributed by atoms with E-state index in [-0.39, 0.29) is 6.03 Å². The Labute approximate surface area is 96.8 Å². The van der Waals surface area contributed by atoms with E-state index in [1.807, 2.05) is 6.92 Å². The minimum atomic E-state index is -0.984. The first kappa shape index (κ1) is 14.7. The van der Waals surface area contributed by atoms with Gasteiger partial charge >= 0.3 is 12.0 Å². The van der Waals surface area contributed by atoms with Crippen LogP contribution < -0.4 is 5.32 Å². The second kappa shape index (κ2) is 7.96. The zero-order valence-electron chi connectivity index (χ0n) is 10.3. The molecule has 0 aromatic heterocycles. The van der Waals surface area contributed by atoms with E-state index in [9.17, 15) is 9.59 Å². The van der Waals surface area contributed by atoms with Crippen molar-refractivity contribution in [1.29, 1.82) is 0 Å². The highest BCUT2D eigenvalue weighted by Crippen LogP contribution is 1.98. The molecule has 0 heterocycles. The summed E-state index contributed by atoms with van der Waals surface area (Å²) in [6.07, 6.45) is 2.34. The average Bonchev–Trinajstić information content (AvgIpc) is 2.26. The number of carboxylic acid groups (broad SMARTS) is 1. The van der Waals surface area contributed by atoms with Crippen molar-refractivity contribution in [3.8, 4) is 0 Å². The normalized spacial score (nSPS) is 11.9. The summed E-state index contributed by atoms with van der Waals surface area (Å²) in [4.78, 5) is 24.1. The molecular formula is C11H22N2O3. The van der Waals surface area contributed by atoms with Crippen LogP contribution in [0.3, 0.4) is 0 Å². The third-order valence-electron chi connectivity index (χ3n) is 2.45. The number of amides is 2. The van der Waals surface area contributed by atoms with Crippen molar-refractivity contribution in [2.24, 2.45) is 0 Å². The Morgan fingerprint density at radius 3 is 2.31 bits per heavy atom. The first-order valence-electron chi connectivity index (χ1n) is 5.84. The van der Waals surface area contributed by atoms with Crippen molar-refractivity contribution in [3.05, 3.63) is 0 Å². The summed E-state index contributed by atoms with van der Waals surface area (Å²) in [5.41, 5.74) is 0. The van der Waals surface area contributed by atoms with Crippen LogP contribution in [0.2, 0.25) is 0 Å². The van der Waals surface area contributed by atoms with E-state index in [4.69, 9.17) is 5.11 Å². The predicted octanol–water partition coefficient (Wildman–Crippen LogP) is 1.68. The fourth-order valence-corrected chi connectivity index (χ4v) is 1.33. The highest BCUT2D eigenvalue weighted by atomic mass is 16.4. The number of aliphatic carboxylic acids is 1.